The van der Waals surface area contributed by atoms with Crippen molar-refractivity contribution in [3.63, 3.8) is 0 Å². The molecule has 0 saturated heterocycles. The second-order valence-corrected chi connectivity index (χ2v) is 7.17. The minimum absolute atomic E-state index is 0.305. The molecule has 7 nitrogen and oxygen atoms in total. The van der Waals surface area contributed by atoms with Gasteiger partial charge < -0.3 is 20.2 Å². The van der Waals surface area contributed by atoms with Crippen LogP contribution in [-0.4, -0.2) is 44.3 Å². The summed E-state index contributed by atoms with van der Waals surface area (Å²) in [7, 11) is 3.29. The second kappa shape index (κ2) is 12.2. The van der Waals surface area contributed by atoms with Crippen molar-refractivity contribution in [2.45, 2.75) is 5.03 Å². The molecule has 1 aromatic carbocycles. The van der Waals surface area contributed by atoms with Crippen LogP contribution in [0.4, 0.5) is 5.82 Å². The van der Waals surface area contributed by atoms with Crippen LogP contribution in [0.15, 0.2) is 53.6 Å². The zero-order chi connectivity index (χ0) is 22.6. The molecule has 0 atom stereocenters. The molecule has 2 rings (SSSR count). The molecule has 0 amide bonds. The molecule has 0 unspecified atom stereocenters. The molecular weight excluding hydrogens is 410 g/mol. The van der Waals surface area contributed by atoms with Gasteiger partial charge in [-0.3, -0.25) is 0 Å². The normalized spacial score (nSPS) is 10.3. The summed E-state index contributed by atoms with van der Waals surface area (Å²) < 4.78 is 10.6. The molecule has 8 heteroatoms. The first-order valence-electron chi connectivity index (χ1n) is 9.35. The Kier molecular flexibility index (Phi) is 9.31. The number of hydrogen-bond donors (Lipinski definition) is 2. The molecule has 0 aliphatic rings. The monoisotopic (exact) mass is 433 g/mol. The molecule has 0 aliphatic heterocycles. The van der Waals surface area contributed by atoms with E-state index in [9.17, 15) is 10.5 Å². The van der Waals surface area contributed by atoms with E-state index < -0.39 is 0 Å². The molecule has 1 heterocycles. The Labute approximate surface area is 186 Å². The van der Waals surface area contributed by atoms with E-state index >= 15 is 0 Å². The van der Waals surface area contributed by atoms with E-state index in [0.717, 1.165) is 11.1 Å². The third-order valence-corrected chi connectivity index (χ3v) is 5.23. The van der Waals surface area contributed by atoms with Crippen LogP contribution < -0.4 is 10.1 Å². The van der Waals surface area contributed by atoms with Crippen LogP contribution in [0, 0.1) is 28.1 Å². The maximum atomic E-state index is 9.91. The van der Waals surface area contributed by atoms with E-state index in [1.165, 1.54) is 18.0 Å². The smallest absolute Gasteiger partial charge is 0.145 e. The zero-order valence-corrected chi connectivity index (χ0v) is 18.3. The molecule has 0 bridgehead atoms. The standard InChI is InChI=1S/C23H23N5O2S/c1-16(5-4-10-24)15-31-23-20(14-26)21(19(13-25)22(27-2)28-23)17-6-8-18(9-7-17)30-12-11-29-3/h4-10,24H,1,11-12,15H2,2-3H3,(H,27,28)/b5-4-,24-10?. The second-order valence-electron chi connectivity index (χ2n) is 6.20. The lowest BCUT2D eigenvalue weighted by atomic mass is 9.96. The zero-order valence-electron chi connectivity index (χ0n) is 17.4. The highest BCUT2D eigenvalue weighted by atomic mass is 32.2. The van der Waals surface area contributed by atoms with Crippen molar-refractivity contribution < 1.29 is 9.47 Å². The van der Waals surface area contributed by atoms with Gasteiger partial charge in [0.25, 0.3) is 0 Å². The first-order chi connectivity index (χ1) is 15.1. The molecule has 0 fully saturated rings. The van der Waals surface area contributed by atoms with E-state index in [-0.39, 0.29) is 0 Å². The summed E-state index contributed by atoms with van der Waals surface area (Å²) >= 11 is 1.36. The van der Waals surface area contributed by atoms with Crippen molar-refractivity contribution in [1.82, 2.24) is 4.98 Å². The fourth-order valence-corrected chi connectivity index (χ4v) is 3.57. The van der Waals surface area contributed by atoms with E-state index in [1.807, 2.05) is 12.1 Å². The lowest BCUT2D eigenvalue weighted by Gasteiger charge is -2.15. The molecule has 1 aromatic heterocycles. The number of rotatable bonds is 11. The van der Waals surface area contributed by atoms with Gasteiger partial charge in [-0.1, -0.05) is 24.8 Å². The van der Waals surface area contributed by atoms with Crippen molar-refractivity contribution >= 4 is 23.8 Å². The van der Waals surface area contributed by atoms with Gasteiger partial charge in [-0.25, -0.2) is 4.98 Å². The maximum absolute atomic E-state index is 9.91. The van der Waals surface area contributed by atoms with Crippen LogP contribution >= 0.6 is 11.8 Å². The molecule has 0 radical (unpaired) electrons. The predicted octanol–water partition coefficient (Wildman–Crippen LogP) is 4.41. The Morgan fingerprint density at radius 2 is 1.94 bits per heavy atom. The molecule has 2 aromatic rings. The highest BCUT2D eigenvalue weighted by Gasteiger charge is 2.21. The molecule has 0 spiro atoms. The third kappa shape index (κ3) is 6.19. The quantitative estimate of drug-likeness (QED) is 0.233. The molecule has 31 heavy (non-hydrogen) atoms. The van der Waals surface area contributed by atoms with Crippen LogP contribution in [0.5, 0.6) is 5.75 Å². The van der Waals surface area contributed by atoms with Gasteiger partial charge >= 0.3 is 0 Å². The van der Waals surface area contributed by atoms with Crippen molar-refractivity contribution in [2.24, 2.45) is 0 Å². The van der Waals surface area contributed by atoms with E-state index in [2.05, 4.69) is 29.0 Å². The summed E-state index contributed by atoms with van der Waals surface area (Å²) in [6.07, 6.45) is 4.50. The fourth-order valence-electron chi connectivity index (χ4n) is 2.70. The van der Waals surface area contributed by atoms with E-state index in [1.54, 1.807) is 38.4 Å². The first kappa shape index (κ1) is 23.7. The van der Waals surface area contributed by atoms with Crippen LogP contribution in [0.2, 0.25) is 0 Å². The van der Waals surface area contributed by atoms with Crippen LogP contribution in [-0.2, 0) is 4.74 Å². The summed E-state index contributed by atoms with van der Waals surface area (Å²) in [6, 6.07) is 11.6. The number of benzene rings is 1. The van der Waals surface area contributed by atoms with Gasteiger partial charge in [0.15, 0.2) is 0 Å². The molecular formula is C23H23N5O2S. The van der Waals surface area contributed by atoms with Gasteiger partial charge in [-0.2, -0.15) is 10.5 Å². The highest BCUT2D eigenvalue weighted by Crippen LogP contribution is 2.37. The Balaban J connectivity index is 2.48. The van der Waals surface area contributed by atoms with Gasteiger partial charge in [-0.15, -0.1) is 11.8 Å². The van der Waals surface area contributed by atoms with Crippen molar-refractivity contribution in [3.8, 4) is 29.0 Å². The largest absolute Gasteiger partial charge is 0.491 e. The lowest BCUT2D eigenvalue weighted by molar-refractivity contribution is 0.146. The summed E-state index contributed by atoms with van der Waals surface area (Å²) in [6.45, 7) is 4.86. The van der Waals surface area contributed by atoms with Gasteiger partial charge in [0.05, 0.1) is 12.2 Å². The Morgan fingerprint density at radius 1 is 1.23 bits per heavy atom. The van der Waals surface area contributed by atoms with Crippen LogP contribution in [0.3, 0.4) is 0 Å². The minimum Gasteiger partial charge on any atom is -0.491 e. The number of aromatic nitrogens is 1. The SMILES string of the molecule is C=C(/C=C\C=N)CSc1nc(NC)c(C#N)c(-c2ccc(OCCOC)cc2)c1C#N. The van der Waals surface area contributed by atoms with Gasteiger partial charge in [0.2, 0.25) is 0 Å². The number of pyridine rings is 1. The number of nitriles is 2. The van der Waals surface area contributed by atoms with Gasteiger partial charge in [0.1, 0.15) is 40.9 Å². The number of ether oxygens (including phenoxy) is 2. The van der Waals surface area contributed by atoms with Crippen molar-refractivity contribution in [3.05, 3.63) is 59.7 Å². The number of nitrogens with zero attached hydrogens (tertiary/aromatic N) is 3. The number of methoxy groups -OCH3 is 1. The van der Waals surface area contributed by atoms with Crippen LogP contribution in [0.25, 0.3) is 11.1 Å². The Hall–Kier alpha value is -3.59. The summed E-state index contributed by atoms with van der Waals surface area (Å²) in [4.78, 5) is 4.50. The minimum atomic E-state index is 0.305. The number of nitrogens with one attached hydrogen (secondary N) is 2. The molecule has 0 aliphatic carbocycles. The molecule has 0 saturated carbocycles. The van der Waals surface area contributed by atoms with E-state index in [0.29, 0.717) is 52.3 Å². The molecule has 2 N–H and O–H groups in total. The highest BCUT2D eigenvalue weighted by molar-refractivity contribution is 7.99. The maximum Gasteiger partial charge on any atom is 0.145 e. The number of thioether (sulfide) groups is 1. The fraction of sp³-hybridized carbons (Fsp3) is 0.217. The topological polar surface area (TPSA) is 115 Å². The van der Waals surface area contributed by atoms with Gasteiger partial charge in [0, 0.05) is 31.7 Å². The van der Waals surface area contributed by atoms with Crippen LogP contribution in [0.1, 0.15) is 11.1 Å². The lowest BCUT2D eigenvalue weighted by Crippen LogP contribution is -2.05. The summed E-state index contributed by atoms with van der Waals surface area (Å²) in [5, 5.41) is 30.2. The average Bonchev–Trinajstić information content (AvgIpc) is 2.80. The number of anilines is 1. The van der Waals surface area contributed by atoms with E-state index in [4.69, 9.17) is 14.9 Å². The third-order valence-electron chi connectivity index (χ3n) is 4.15. The Bertz CT molecular complexity index is 1050. The van der Waals surface area contributed by atoms with Crippen molar-refractivity contribution in [1.29, 1.82) is 15.9 Å². The van der Waals surface area contributed by atoms with Gasteiger partial charge in [-0.05, 0) is 29.3 Å². The summed E-state index contributed by atoms with van der Waals surface area (Å²) in [5.74, 6) is 1.57. The van der Waals surface area contributed by atoms with Crippen molar-refractivity contribution in [2.75, 3.05) is 38.4 Å². The Morgan fingerprint density at radius 3 is 2.52 bits per heavy atom. The summed E-state index contributed by atoms with van der Waals surface area (Å²) in [5.41, 5.74) is 2.66. The first-order valence-corrected chi connectivity index (χ1v) is 10.3. The average molecular weight is 434 g/mol. The number of allylic oxidation sites excluding steroid dienone is 2. The predicted molar refractivity (Wildman–Crippen MR) is 124 cm³/mol. The molecule has 158 valence electrons. The number of hydrogen-bond acceptors (Lipinski definition) is 8.